The molecule has 1 N–H and O–H groups in total. The Bertz CT molecular complexity index is 1460. The first kappa shape index (κ1) is 18.7. The molecule has 0 unspecified atom stereocenters. The quantitative estimate of drug-likeness (QED) is 0.384. The Morgan fingerprint density at radius 3 is 2.57 bits per heavy atom. The molecular formula is C21H12Cl2FN5O. The summed E-state index contributed by atoms with van der Waals surface area (Å²) in [4.78, 5) is 23.2. The van der Waals surface area contributed by atoms with Crippen LogP contribution in [0.15, 0.2) is 48.9 Å². The molecule has 1 aromatic carbocycles. The molecule has 5 aromatic rings. The third-order valence-corrected chi connectivity index (χ3v) is 5.67. The number of halogens is 3. The van der Waals surface area contributed by atoms with Crippen LogP contribution in [0.5, 0.6) is 0 Å². The summed E-state index contributed by atoms with van der Waals surface area (Å²) in [6.45, 7) is 0. The minimum absolute atomic E-state index is 0.336. The lowest BCUT2D eigenvalue weighted by Crippen LogP contribution is -1.92. The summed E-state index contributed by atoms with van der Waals surface area (Å²) in [5.74, 6) is -0.480. The lowest BCUT2D eigenvalue weighted by Gasteiger charge is -2.07. The normalized spacial score (nSPS) is 11.5. The van der Waals surface area contributed by atoms with Crippen LogP contribution in [0.4, 0.5) is 4.39 Å². The maximum atomic E-state index is 14.9. The number of hydrogen-bond acceptors (Lipinski definition) is 4. The van der Waals surface area contributed by atoms with E-state index in [2.05, 4.69) is 20.1 Å². The van der Waals surface area contributed by atoms with Crippen LogP contribution in [0.2, 0.25) is 5.15 Å². The van der Waals surface area contributed by atoms with Crippen LogP contribution < -0.4 is 0 Å². The van der Waals surface area contributed by atoms with Crippen molar-refractivity contribution in [1.29, 1.82) is 0 Å². The predicted molar refractivity (Wildman–Crippen MR) is 114 cm³/mol. The highest BCUT2D eigenvalue weighted by atomic mass is 35.5. The van der Waals surface area contributed by atoms with Crippen molar-refractivity contribution < 1.29 is 9.18 Å². The summed E-state index contributed by atoms with van der Waals surface area (Å²) < 4.78 is 16.5. The minimum atomic E-state index is -0.571. The Morgan fingerprint density at radius 1 is 1.13 bits per heavy atom. The van der Waals surface area contributed by atoms with E-state index in [9.17, 15) is 9.18 Å². The minimum Gasteiger partial charge on any atom is -0.338 e. The van der Waals surface area contributed by atoms with Crippen molar-refractivity contribution in [1.82, 2.24) is 24.7 Å². The van der Waals surface area contributed by atoms with Crippen LogP contribution in [0.25, 0.3) is 44.3 Å². The molecule has 0 aliphatic rings. The molecule has 0 aliphatic heterocycles. The summed E-state index contributed by atoms with van der Waals surface area (Å²) in [5, 5.41) is 5.39. The lowest BCUT2D eigenvalue weighted by molar-refractivity contribution is 0.108. The average molecular weight is 440 g/mol. The van der Waals surface area contributed by atoms with E-state index >= 15 is 0 Å². The van der Waals surface area contributed by atoms with Crippen molar-refractivity contribution in [2.24, 2.45) is 7.05 Å². The number of rotatable bonds is 3. The number of benzene rings is 1. The molecule has 0 amide bonds. The van der Waals surface area contributed by atoms with Crippen molar-refractivity contribution in [3.63, 3.8) is 0 Å². The molecule has 6 nitrogen and oxygen atoms in total. The van der Waals surface area contributed by atoms with E-state index in [0.29, 0.717) is 49.7 Å². The van der Waals surface area contributed by atoms with Crippen molar-refractivity contribution in [2.75, 3.05) is 0 Å². The molecule has 30 heavy (non-hydrogen) atoms. The Kier molecular flexibility index (Phi) is 4.30. The van der Waals surface area contributed by atoms with Gasteiger partial charge in [0, 0.05) is 28.9 Å². The van der Waals surface area contributed by atoms with Crippen LogP contribution >= 0.6 is 23.2 Å². The van der Waals surface area contributed by atoms with Crippen molar-refractivity contribution >= 4 is 50.4 Å². The molecule has 0 atom stereocenters. The molecule has 9 heteroatoms. The number of nitrogens with one attached hydrogen (secondary N) is 1. The van der Waals surface area contributed by atoms with Crippen LogP contribution in [0, 0.1) is 5.82 Å². The zero-order chi connectivity index (χ0) is 21.0. The first-order valence-corrected chi connectivity index (χ1v) is 9.63. The largest absolute Gasteiger partial charge is 0.338 e. The van der Waals surface area contributed by atoms with E-state index in [1.165, 1.54) is 6.20 Å². The fourth-order valence-electron chi connectivity index (χ4n) is 3.53. The van der Waals surface area contributed by atoms with Gasteiger partial charge in [0.2, 0.25) is 0 Å². The molecule has 0 saturated carbocycles. The second-order valence-corrected chi connectivity index (χ2v) is 7.47. The number of hydrogen-bond donors (Lipinski definition) is 1. The van der Waals surface area contributed by atoms with Gasteiger partial charge in [0.1, 0.15) is 16.6 Å². The number of aromatic amines is 1. The lowest BCUT2D eigenvalue weighted by atomic mass is 9.99. The second-order valence-electron chi connectivity index (χ2n) is 6.77. The molecule has 4 heterocycles. The molecule has 0 spiro atoms. The number of H-pyrrole nitrogens is 1. The number of fused-ring (bicyclic) bond motifs is 3. The van der Waals surface area contributed by atoms with Gasteiger partial charge in [-0.2, -0.15) is 5.10 Å². The number of nitrogens with zero attached hydrogens (tertiary/aromatic N) is 4. The monoisotopic (exact) mass is 439 g/mol. The maximum absolute atomic E-state index is 14.9. The summed E-state index contributed by atoms with van der Waals surface area (Å²) >= 11 is 11.8. The number of carbonyl (C=O) groups is 1. The van der Waals surface area contributed by atoms with Crippen molar-refractivity contribution in [3.8, 4) is 22.4 Å². The Balaban J connectivity index is 1.79. The number of aryl methyl sites for hydroxylation is 1. The van der Waals surface area contributed by atoms with E-state index < -0.39 is 11.1 Å². The fourth-order valence-corrected chi connectivity index (χ4v) is 3.84. The highest BCUT2D eigenvalue weighted by molar-refractivity contribution is 6.67. The molecule has 0 aliphatic carbocycles. The molecule has 4 aromatic heterocycles. The molecular weight excluding hydrogens is 428 g/mol. The maximum Gasteiger partial charge on any atom is 0.252 e. The highest BCUT2D eigenvalue weighted by Gasteiger charge is 2.18. The van der Waals surface area contributed by atoms with Crippen molar-refractivity contribution in [3.05, 3.63) is 65.5 Å². The third kappa shape index (κ3) is 2.86. The van der Waals surface area contributed by atoms with E-state index in [1.807, 2.05) is 6.07 Å². The Morgan fingerprint density at radius 2 is 1.90 bits per heavy atom. The molecule has 148 valence electrons. The van der Waals surface area contributed by atoms with Gasteiger partial charge in [-0.25, -0.2) is 9.37 Å². The van der Waals surface area contributed by atoms with Crippen LogP contribution in [0.1, 0.15) is 10.4 Å². The third-order valence-electron chi connectivity index (χ3n) is 5.00. The number of pyridine rings is 2. The topological polar surface area (TPSA) is 76.5 Å². The van der Waals surface area contributed by atoms with Gasteiger partial charge in [0.05, 0.1) is 35.4 Å². The summed E-state index contributed by atoms with van der Waals surface area (Å²) in [5.41, 5.74) is 3.82. The molecule has 0 fully saturated rings. The molecule has 0 saturated heterocycles. The van der Waals surface area contributed by atoms with Gasteiger partial charge in [-0.15, -0.1) is 0 Å². The average Bonchev–Trinajstić information content (AvgIpc) is 3.27. The number of aromatic nitrogens is 5. The van der Waals surface area contributed by atoms with Gasteiger partial charge in [0.25, 0.3) is 5.24 Å². The molecule has 0 radical (unpaired) electrons. The van der Waals surface area contributed by atoms with Gasteiger partial charge in [-0.3, -0.25) is 14.5 Å². The first-order chi connectivity index (χ1) is 14.4. The molecule has 0 bridgehead atoms. The summed E-state index contributed by atoms with van der Waals surface area (Å²) in [7, 11) is 1.74. The first-order valence-electron chi connectivity index (χ1n) is 8.88. The van der Waals surface area contributed by atoms with E-state index in [4.69, 9.17) is 23.2 Å². The van der Waals surface area contributed by atoms with Gasteiger partial charge < -0.3 is 4.98 Å². The highest BCUT2D eigenvalue weighted by Crippen LogP contribution is 2.37. The zero-order valence-electron chi connectivity index (χ0n) is 15.4. The predicted octanol–water partition coefficient (Wildman–Crippen LogP) is 5.35. The standard InChI is InChI=1S/C21H12Cl2FN5O/c1-29-19(22)13(7-27-29)15-6-12-16(9-25-15)28-21-18(12)17(14(24)8-26-21)10-2-4-11(5-3-10)20(23)30/h2-9H,1H3,(H,26,28). The van der Waals surface area contributed by atoms with Crippen LogP contribution in [-0.2, 0) is 7.05 Å². The van der Waals surface area contributed by atoms with Crippen LogP contribution in [-0.4, -0.2) is 30.0 Å². The van der Waals surface area contributed by atoms with Crippen LogP contribution in [0.3, 0.4) is 0 Å². The van der Waals surface area contributed by atoms with Gasteiger partial charge in [-0.1, -0.05) is 23.7 Å². The van der Waals surface area contributed by atoms with E-state index in [1.54, 1.807) is 48.4 Å². The Hall–Kier alpha value is -3.29. The summed E-state index contributed by atoms with van der Waals surface area (Å²) in [6.07, 6.45) is 4.46. The van der Waals surface area contributed by atoms with E-state index in [-0.39, 0.29) is 0 Å². The smallest absolute Gasteiger partial charge is 0.252 e. The Labute approximate surface area is 179 Å². The SMILES string of the molecule is Cn1ncc(-c2cc3c(cn2)[nH]c2ncc(F)c(-c4ccc(C(=O)Cl)cc4)c23)c1Cl. The van der Waals surface area contributed by atoms with Gasteiger partial charge in [0.15, 0.2) is 0 Å². The second kappa shape index (κ2) is 6.90. The van der Waals surface area contributed by atoms with Crippen molar-refractivity contribution in [2.45, 2.75) is 0 Å². The van der Waals surface area contributed by atoms with Gasteiger partial charge >= 0.3 is 0 Å². The fraction of sp³-hybridized carbons (Fsp3) is 0.0476. The summed E-state index contributed by atoms with van der Waals surface area (Å²) in [6, 6.07) is 8.28. The van der Waals surface area contributed by atoms with E-state index in [0.717, 1.165) is 5.39 Å². The number of carbonyl (C=O) groups excluding carboxylic acids is 1. The van der Waals surface area contributed by atoms with Gasteiger partial charge in [-0.05, 0) is 35.4 Å². The molecule has 5 rings (SSSR count). The zero-order valence-corrected chi connectivity index (χ0v) is 17.0.